The average Bonchev–Trinajstić information content (AvgIpc) is 2.36. The molecule has 0 bridgehead atoms. The number of hydrazone groups is 1. The molecule has 1 aromatic heterocycles. The maximum Gasteiger partial charge on any atom is 0.184 e. The molecule has 0 atom stereocenters. The first-order valence-electron chi connectivity index (χ1n) is 3.26. The summed E-state index contributed by atoms with van der Waals surface area (Å²) >= 11 is 4.55. The molecular weight excluding hydrogens is 174 g/mol. The third-order valence-electron chi connectivity index (χ3n) is 1.21. The van der Waals surface area contributed by atoms with E-state index in [4.69, 9.17) is 5.73 Å². The van der Waals surface area contributed by atoms with Crippen LogP contribution in [0.2, 0.25) is 0 Å². The fraction of sp³-hybridized carbons (Fsp3) is 0.167. The van der Waals surface area contributed by atoms with Gasteiger partial charge in [0.25, 0.3) is 0 Å². The maximum atomic E-state index is 5.15. The van der Waals surface area contributed by atoms with Gasteiger partial charge in [0.2, 0.25) is 0 Å². The lowest BCUT2D eigenvalue weighted by Crippen LogP contribution is -2.24. The second kappa shape index (κ2) is 3.82. The fourth-order valence-electron chi connectivity index (χ4n) is 0.655. The van der Waals surface area contributed by atoms with E-state index in [1.807, 2.05) is 17.8 Å². The molecule has 6 heteroatoms. The Balaban J connectivity index is 2.57. The lowest BCUT2D eigenvalue weighted by molar-refractivity contribution is 0.897. The van der Waals surface area contributed by atoms with Crippen molar-refractivity contribution in [3.8, 4) is 0 Å². The fourth-order valence-corrected chi connectivity index (χ4v) is 0.708. The Kier molecular flexibility index (Phi) is 2.76. The van der Waals surface area contributed by atoms with Crippen molar-refractivity contribution in [2.24, 2.45) is 17.9 Å². The van der Waals surface area contributed by atoms with E-state index in [9.17, 15) is 0 Å². The molecule has 0 aromatic carbocycles. The zero-order valence-corrected chi connectivity index (χ0v) is 7.38. The second-order valence-electron chi connectivity index (χ2n) is 2.13. The van der Waals surface area contributed by atoms with Crippen LogP contribution in [-0.4, -0.2) is 20.9 Å². The zero-order chi connectivity index (χ0) is 8.97. The molecule has 0 unspecified atom stereocenters. The Morgan fingerprint density at radius 3 is 3.17 bits per heavy atom. The number of thiocarbonyl (C=S) groups is 1. The summed E-state index contributed by atoms with van der Waals surface area (Å²) in [6, 6.07) is 0. The van der Waals surface area contributed by atoms with Crippen LogP contribution >= 0.6 is 12.2 Å². The van der Waals surface area contributed by atoms with Crippen molar-refractivity contribution in [3.05, 3.63) is 18.2 Å². The summed E-state index contributed by atoms with van der Waals surface area (Å²) in [5.74, 6) is 0.735. The van der Waals surface area contributed by atoms with Crippen LogP contribution in [0, 0.1) is 0 Å². The van der Waals surface area contributed by atoms with Gasteiger partial charge in [-0.15, -0.1) is 0 Å². The van der Waals surface area contributed by atoms with Gasteiger partial charge in [-0.05, 0) is 12.2 Å². The quantitative estimate of drug-likeness (QED) is 0.371. The molecule has 0 saturated carbocycles. The van der Waals surface area contributed by atoms with Gasteiger partial charge in [-0.3, -0.25) is 5.43 Å². The molecule has 3 N–H and O–H groups in total. The SMILES string of the molecule is Cn1ccnc1C=NNC(N)=S. The summed E-state index contributed by atoms with van der Waals surface area (Å²) < 4.78 is 1.82. The minimum Gasteiger partial charge on any atom is -0.375 e. The highest BCUT2D eigenvalue weighted by Crippen LogP contribution is 1.87. The van der Waals surface area contributed by atoms with E-state index in [0.29, 0.717) is 0 Å². The lowest BCUT2D eigenvalue weighted by atomic mass is 10.7. The predicted octanol–water partition coefficient (Wildman–Crippen LogP) is -0.413. The number of nitrogens with zero attached hydrogens (tertiary/aromatic N) is 3. The Hall–Kier alpha value is -1.43. The molecule has 0 spiro atoms. The lowest BCUT2D eigenvalue weighted by Gasteiger charge is -1.94. The molecule has 0 saturated heterocycles. The van der Waals surface area contributed by atoms with Gasteiger partial charge in [0, 0.05) is 19.4 Å². The Bertz CT molecular complexity index is 303. The van der Waals surface area contributed by atoms with Crippen LogP contribution in [0.3, 0.4) is 0 Å². The first-order chi connectivity index (χ1) is 5.70. The highest BCUT2D eigenvalue weighted by atomic mass is 32.1. The molecule has 12 heavy (non-hydrogen) atoms. The predicted molar refractivity (Wildman–Crippen MR) is 50.7 cm³/mol. The number of nitrogens with one attached hydrogen (secondary N) is 1. The van der Waals surface area contributed by atoms with E-state index in [0.717, 1.165) is 5.82 Å². The van der Waals surface area contributed by atoms with Crippen LogP contribution in [0.15, 0.2) is 17.5 Å². The van der Waals surface area contributed by atoms with Gasteiger partial charge in [-0.25, -0.2) is 4.98 Å². The number of hydrogen-bond donors (Lipinski definition) is 2. The molecule has 0 aliphatic carbocycles. The summed E-state index contributed by atoms with van der Waals surface area (Å²) in [7, 11) is 1.87. The molecule has 0 amide bonds. The number of imidazole rings is 1. The van der Waals surface area contributed by atoms with Gasteiger partial charge >= 0.3 is 0 Å². The smallest absolute Gasteiger partial charge is 0.184 e. The van der Waals surface area contributed by atoms with Gasteiger partial charge in [0.1, 0.15) is 0 Å². The molecule has 1 aromatic rings. The van der Waals surface area contributed by atoms with Crippen LogP contribution in [0.25, 0.3) is 0 Å². The third-order valence-corrected chi connectivity index (χ3v) is 1.30. The van der Waals surface area contributed by atoms with Crippen LogP contribution in [0.5, 0.6) is 0 Å². The van der Waals surface area contributed by atoms with Gasteiger partial charge < -0.3 is 10.3 Å². The maximum absolute atomic E-state index is 5.15. The van der Waals surface area contributed by atoms with Gasteiger partial charge in [0.05, 0.1) is 6.21 Å². The molecule has 64 valence electrons. The Labute approximate surface area is 75.3 Å². The van der Waals surface area contributed by atoms with Crippen molar-refractivity contribution in [1.29, 1.82) is 0 Å². The van der Waals surface area contributed by atoms with Crippen molar-refractivity contribution in [1.82, 2.24) is 15.0 Å². The number of aromatic nitrogens is 2. The molecule has 1 heterocycles. The largest absolute Gasteiger partial charge is 0.375 e. The van der Waals surface area contributed by atoms with Crippen molar-refractivity contribution in [2.75, 3.05) is 0 Å². The van der Waals surface area contributed by atoms with E-state index in [2.05, 4.69) is 27.7 Å². The standard InChI is InChI=1S/C6H9N5S/c1-11-3-2-8-5(11)4-9-10-6(7)12/h2-4H,1H3,(H3,7,10,12). The average molecular weight is 183 g/mol. The summed E-state index contributed by atoms with van der Waals surface area (Å²) in [4.78, 5) is 4.00. The molecule has 0 aliphatic heterocycles. The zero-order valence-electron chi connectivity index (χ0n) is 6.56. The molecule has 0 radical (unpaired) electrons. The minimum absolute atomic E-state index is 0.139. The van der Waals surface area contributed by atoms with Crippen molar-refractivity contribution in [3.63, 3.8) is 0 Å². The van der Waals surface area contributed by atoms with E-state index in [1.54, 1.807) is 12.4 Å². The van der Waals surface area contributed by atoms with Crippen molar-refractivity contribution in [2.45, 2.75) is 0 Å². The summed E-state index contributed by atoms with van der Waals surface area (Å²) in [5, 5.41) is 3.89. The van der Waals surface area contributed by atoms with Crippen LogP contribution in [0.4, 0.5) is 0 Å². The number of nitrogens with two attached hydrogens (primary N) is 1. The second-order valence-corrected chi connectivity index (χ2v) is 2.57. The third kappa shape index (κ3) is 2.31. The van der Waals surface area contributed by atoms with Crippen LogP contribution in [-0.2, 0) is 7.05 Å². The van der Waals surface area contributed by atoms with E-state index in [1.165, 1.54) is 0 Å². The number of hydrogen-bond acceptors (Lipinski definition) is 3. The monoisotopic (exact) mass is 183 g/mol. The van der Waals surface area contributed by atoms with E-state index in [-0.39, 0.29) is 5.11 Å². The first kappa shape index (κ1) is 8.66. The van der Waals surface area contributed by atoms with Gasteiger partial charge in [-0.1, -0.05) is 0 Å². The number of rotatable bonds is 2. The van der Waals surface area contributed by atoms with Crippen molar-refractivity contribution >= 4 is 23.5 Å². The van der Waals surface area contributed by atoms with E-state index < -0.39 is 0 Å². The minimum atomic E-state index is 0.139. The van der Waals surface area contributed by atoms with Gasteiger partial charge in [0.15, 0.2) is 10.9 Å². The Morgan fingerprint density at radius 1 is 1.92 bits per heavy atom. The number of aryl methyl sites for hydroxylation is 1. The van der Waals surface area contributed by atoms with Crippen LogP contribution in [0.1, 0.15) is 5.82 Å². The molecule has 1 rings (SSSR count). The summed E-state index contributed by atoms with van der Waals surface area (Å²) in [6.45, 7) is 0. The Morgan fingerprint density at radius 2 is 2.67 bits per heavy atom. The summed E-state index contributed by atoms with van der Waals surface area (Å²) in [6.07, 6.45) is 5.05. The molecule has 0 aliphatic rings. The van der Waals surface area contributed by atoms with Gasteiger partial charge in [-0.2, -0.15) is 5.10 Å². The van der Waals surface area contributed by atoms with E-state index >= 15 is 0 Å². The molecule has 0 fully saturated rings. The molecular formula is C6H9N5S. The topological polar surface area (TPSA) is 68.2 Å². The normalized spacial score (nSPS) is 10.4. The molecule has 5 nitrogen and oxygen atoms in total. The van der Waals surface area contributed by atoms with Crippen molar-refractivity contribution < 1.29 is 0 Å². The first-order valence-corrected chi connectivity index (χ1v) is 3.67. The highest BCUT2D eigenvalue weighted by Gasteiger charge is 1.91. The summed E-state index contributed by atoms with van der Waals surface area (Å²) in [5.41, 5.74) is 7.59. The highest BCUT2D eigenvalue weighted by molar-refractivity contribution is 7.80. The van der Waals surface area contributed by atoms with Crippen LogP contribution < -0.4 is 11.2 Å².